The molecule has 0 fully saturated rings. The molecule has 1 aromatic rings. The van der Waals surface area contributed by atoms with E-state index in [1.807, 2.05) is 0 Å². The van der Waals surface area contributed by atoms with Crippen molar-refractivity contribution in [3.63, 3.8) is 0 Å². The quantitative estimate of drug-likeness (QED) is 0.807. The topological polar surface area (TPSA) is 68.0 Å². The SMILES string of the molecule is CCC(CCN)CCC(=O)Nc1nc2c(s1)CCC2. The Labute approximate surface area is 118 Å². The summed E-state index contributed by atoms with van der Waals surface area (Å²) in [4.78, 5) is 17.7. The van der Waals surface area contributed by atoms with E-state index in [9.17, 15) is 4.79 Å². The molecular formula is C14H23N3OS. The minimum Gasteiger partial charge on any atom is -0.330 e. The molecule has 0 aliphatic heterocycles. The van der Waals surface area contributed by atoms with E-state index < -0.39 is 0 Å². The second-order valence-corrected chi connectivity index (χ2v) is 6.26. The van der Waals surface area contributed by atoms with Gasteiger partial charge in [-0.25, -0.2) is 4.98 Å². The van der Waals surface area contributed by atoms with E-state index in [4.69, 9.17) is 5.73 Å². The van der Waals surface area contributed by atoms with Gasteiger partial charge in [-0.15, -0.1) is 11.3 Å². The molecule has 4 nitrogen and oxygen atoms in total. The molecule has 1 atom stereocenters. The molecule has 1 unspecified atom stereocenters. The summed E-state index contributed by atoms with van der Waals surface area (Å²) in [7, 11) is 0. The number of anilines is 1. The van der Waals surface area contributed by atoms with Gasteiger partial charge in [0.1, 0.15) is 0 Å². The lowest BCUT2D eigenvalue weighted by molar-refractivity contribution is -0.116. The van der Waals surface area contributed by atoms with E-state index >= 15 is 0 Å². The number of hydrogen-bond donors (Lipinski definition) is 2. The highest BCUT2D eigenvalue weighted by atomic mass is 32.1. The van der Waals surface area contributed by atoms with Gasteiger partial charge in [-0.1, -0.05) is 13.3 Å². The third-order valence-corrected chi connectivity index (χ3v) is 4.85. The summed E-state index contributed by atoms with van der Waals surface area (Å²) in [6, 6.07) is 0. The van der Waals surface area contributed by atoms with Crippen LogP contribution < -0.4 is 11.1 Å². The van der Waals surface area contributed by atoms with Gasteiger partial charge in [0.05, 0.1) is 5.69 Å². The Bertz CT molecular complexity index is 409. The van der Waals surface area contributed by atoms with Gasteiger partial charge in [0.25, 0.3) is 0 Å². The number of thiazole rings is 1. The molecule has 1 aliphatic rings. The Balaban J connectivity index is 1.77. The number of carbonyl (C=O) groups is 1. The van der Waals surface area contributed by atoms with Crippen LogP contribution in [0.2, 0.25) is 0 Å². The van der Waals surface area contributed by atoms with Gasteiger partial charge in [-0.3, -0.25) is 4.79 Å². The Morgan fingerprint density at radius 1 is 1.47 bits per heavy atom. The summed E-state index contributed by atoms with van der Waals surface area (Å²) < 4.78 is 0. The van der Waals surface area contributed by atoms with E-state index in [-0.39, 0.29) is 5.91 Å². The Morgan fingerprint density at radius 2 is 2.32 bits per heavy atom. The van der Waals surface area contributed by atoms with E-state index in [1.54, 1.807) is 11.3 Å². The third kappa shape index (κ3) is 4.01. The molecule has 0 spiro atoms. The number of nitrogens with one attached hydrogen (secondary N) is 1. The van der Waals surface area contributed by atoms with Gasteiger partial charge in [0.15, 0.2) is 5.13 Å². The van der Waals surface area contributed by atoms with Crippen molar-refractivity contribution in [2.75, 3.05) is 11.9 Å². The zero-order valence-corrected chi connectivity index (χ0v) is 12.4. The number of fused-ring (bicyclic) bond motifs is 1. The average Bonchev–Trinajstić information content (AvgIpc) is 2.95. The highest BCUT2D eigenvalue weighted by Gasteiger charge is 2.18. The number of aromatic nitrogens is 1. The van der Waals surface area contributed by atoms with Crippen LogP contribution in [0.3, 0.4) is 0 Å². The van der Waals surface area contributed by atoms with Crippen LogP contribution in [0, 0.1) is 5.92 Å². The maximum atomic E-state index is 11.9. The molecule has 1 aromatic heterocycles. The number of rotatable bonds is 7. The first-order valence-corrected chi connectivity index (χ1v) is 8.03. The molecular weight excluding hydrogens is 258 g/mol. The van der Waals surface area contributed by atoms with Crippen LogP contribution in [0.5, 0.6) is 0 Å². The normalized spacial score (nSPS) is 15.3. The van der Waals surface area contributed by atoms with Crippen LogP contribution >= 0.6 is 11.3 Å². The lowest BCUT2D eigenvalue weighted by atomic mass is 9.96. The smallest absolute Gasteiger partial charge is 0.226 e. The number of aryl methyl sites for hydroxylation is 2. The number of amides is 1. The van der Waals surface area contributed by atoms with Crippen molar-refractivity contribution in [3.05, 3.63) is 10.6 Å². The molecule has 106 valence electrons. The monoisotopic (exact) mass is 281 g/mol. The largest absolute Gasteiger partial charge is 0.330 e. The van der Waals surface area contributed by atoms with Gasteiger partial charge in [-0.2, -0.15) is 0 Å². The summed E-state index contributed by atoms with van der Waals surface area (Å²) in [6.07, 6.45) is 6.99. The fraction of sp³-hybridized carbons (Fsp3) is 0.714. The molecule has 1 aliphatic carbocycles. The first-order chi connectivity index (χ1) is 9.22. The predicted octanol–water partition coefficient (Wildman–Crippen LogP) is 2.73. The van der Waals surface area contributed by atoms with Crippen molar-refractivity contribution in [3.8, 4) is 0 Å². The van der Waals surface area contributed by atoms with Crippen molar-refractivity contribution >= 4 is 22.4 Å². The Hall–Kier alpha value is -0.940. The highest BCUT2D eigenvalue weighted by Crippen LogP contribution is 2.30. The van der Waals surface area contributed by atoms with Crippen LogP contribution in [-0.2, 0) is 17.6 Å². The zero-order chi connectivity index (χ0) is 13.7. The summed E-state index contributed by atoms with van der Waals surface area (Å²) >= 11 is 1.64. The number of carbonyl (C=O) groups excluding carboxylic acids is 1. The van der Waals surface area contributed by atoms with Crippen LogP contribution in [0.1, 0.15) is 49.6 Å². The molecule has 1 heterocycles. The molecule has 5 heteroatoms. The summed E-state index contributed by atoms with van der Waals surface area (Å²) in [6.45, 7) is 2.86. The lowest BCUT2D eigenvalue weighted by Crippen LogP contribution is -2.15. The van der Waals surface area contributed by atoms with Crippen molar-refractivity contribution in [1.82, 2.24) is 4.98 Å². The maximum absolute atomic E-state index is 11.9. The summed E-state index contributed by atoms with van der Waals surface area (Å²) in [5, 5.41) is 3.71. The molecule has 19 heavy (non-hydrogen) atoms. The van der Waals surface area contributed by atoms with Crippen LogP contribution in [0.15, 0.2) is 0 Å². The van der Waals surface area contributed by atoms with Gasteiger partial charge >= 0.3 is 0 Å². The molecule has 3 N–H and O–H groups in total. The predicted molar refractivity (Wildman–Crippen MR) is 79.5 cm³/mol. The van der Waals surface area contributed by atoms with Crippen molar-refractivity contribution in [1.29, 1.82) is 0 Å². The van der Waals surface area contributed by atoms with Crippen LogP contribution in [0.4, 0.5) is 5.13 Å². The summed E-state index contributed by atoms with van der Waals surface area (Å²) in [5.41, 5.74) is 6.76. The average molecular weight is 281 g/mol. The molecule has 0 bridgehead atoms. The molecule has 0 aromatic carbocycles. The summed E-state index contributed by atoms with van der Waals surface area (Å²) in [5.74, 6) is 0.653. The molecule has 2 rings (SSSR count). The molecule has 0 saturated heterocycles. The minimum absolute atomic E-state index is 0.0860. The van der Waals surface area contributed by atoms with Crippen molar-refractivity contribution in [2.45, 2.75) is 51.9 Å². The first-order valence-electron chi connectivity index (χ1n) is 7.21. The van der Waals surface area contributed by atoms with Gasteiger partial charge in [0, 0.05) is 11.3 Å². The van der Waals surface area contributed by atoms with E-state index in [2.05, 4.69) is 17.2 Å². The highest BCUT2D eigenvalue weighted by molar-refractivity contribution is 7.15. The van der Waals surface area contributed by atoms with Crippen molar-refractivity contribution < 1.29 is 4.79 Å². The molecule has 1 amide bonds. The minimum atomic E-state index is 0.0860. The Kier molecular flexibility index (Phi) is 5.34. The molecule has 0 saturated carbocycles. The second kappa shape index (κ2) is 7.01. The number of hydrogen-bond acceptors (Lipinski definition) is 4. The molecule has 0 radical (unpaired) electrons. The van der Waals surface area contributed by atoms with Gasteiger partial charge in [0.2, 0.25) is 5.91 Å². The van der Waals surface area contributed by atoms with E-state index in [0.717, 1.165) is 37.2 Å². The maximum Gasteiger partial charge on any atom is 0.226 e. The zero-order valence-electron chi connectivity index (χ0n) is 11.6. The first kappa shape index (κ1) is 14.5. The van der Waals surface area contributed by atoms with Crippen molar-refractivity contribution in [2.24, 2.45) is 11.7 Å². The van der Waals surface area contributed by atoms with Crippen LogP contribution in [-0.4, -0.2) is 17.4 Å². The third-order valence-electron chi connectivity index (χ3n) is 3.77. The lowest BCUT2D eigenvalue weighted by Gasteiger charge is -2.12. The number of nitrogens with two attached hydrogens (primary N) is 1. The second-order valence-electron chi connectivity index (χ2n) is 5.18. The fourth-order valence-corrected chi connectivity index (χ4v) is 3.62. The number of nitrogens with zero attached hydrogens (tertiary/aromatic N) is 1. The van der Waals surface area contributed by atoms with E-state index in [0.29, 0.717) is 18.9 Å². The van der Waals surface area contributed by atoms with E-state index in [1.165, 1.54) is 17.0 Å². The van der Waals surface area contributed by atoms with Crippen LogP contribution in [0.25, 0.3) is 0 Å². The Morgan fingerprint density at radius 3 is 3.00 bits per heavy atom. The fourth-order valence-electron chi connectivity index (χ4n) is 2.55. The van der Waals surface area contributed by atoms with Gasteiger partial charge in [-0.05, 0) is 44.6 Å². The standard InChI is InChI=1S/C14H23N3OS/c1-2-10(8-9-15)6-7-13(18)17-14-16-11-4-3-5-12(11)19-14/h10H,2-9,15H2,1H3,(H,16,17,18). The van der Waals surface area contributed by atoms with Gasteiger partial charge < -0.3 is 11.1 Å².